The van der Waals surface area contributed by atoms with Crippen molar-refractivity contribution in [3.8, 4) is 5.75 Å². The maximum atomic E-state index is 12.9. The van der Waals surface area contributed by atoms with Crippen LogP contribution in [-0.4, -0.2) is 47.9 Å². The quantitative estimate of drug-likeness (QED) is 0.653. The molecule has 2 aromatic rings. The first-order valence-corrected chi connectivity index (χ1v) is 10.7. The molecule has 2 unspecified atom stereocenters. The van der Waals surface area contributed by atoms with E-state index in [1.165, 1.54) is 0 Å². The summed E-state index contributed by atoms with van der Waals surface area (Å²) < 4.78 is 5.22. The first-order chi connectivity index (χ1) is 15.1. The van der Waals surface area contributed by atoms with Gasteiger partial charge in [0.25, 0.3) is 0 Å². The third-order valence-electron chi connectivity index (χ3n) is 6.09. The van der Waals surface area contributed by atoms with Crippen LogP contribution in [-0.2, 0) is 16.1 Å². The fourth-order valence-corrected chi connectivity index (χ4v) is 4.23. The standard InChI is InChI=1S/C23H29N5O3/c1-31-19-4-2-3-16(13-19)15-25-22(29)18-7-11-28(12-8-18)23(30)21-14-20(26-27-21)17-5-9-24-10-6-17/h2-6,9-10,13,18,20-21,26-27H,7-8,11-12,14-15H2,1H3,(H,25,29). The van der Waals surface area contributed by atoms with Crippen LogP contribution >= 0.6 is 0 Å². The second-order valence-electron chi connectivity index (χ2n) is 8.08. The van der Waals surface area contributed by atoms with Gasteiger partial charge in [0.05, 0.1) is 7.11 Å². The Morgan fingerprint density at radius 1 is 1.16 bits per heavy atom. The van der Waals surface area contributed by atoms with Crippen molar-refractivity contribution in [3.05, 3.63) is 59.9 Å². The van der Waals surface area contributed by atoms with Crippen molar-refractivity contribution in [1.29, 1.82) is 0 Å². The molecule has 0 bridgehead atoms. The molecule has 1 aromatic heterocycles. The number of hydrazine groups is 1. The van der Waals surface area contributed by atoms with E-state index in [9.17, 15) is 9.59 Å². The summed E-state index contributed by atoms with van der Waals surface area (Å²) in [6, 6.07) is 11.4. The zero-order chi connectivity index (χ0) is 21.6. The average molecular weight is 424 g/mol. The molecule has 0 saturated carbocycles. The maximum Gasteiger partial charge on any atom is 0.241 e. The van der Waals surface area contributed by atoms with Crippen LogP contribution in [0, 0.1) is 5.92 Å². The van der Waals surface area contributed by atoms with E-state index in [2.05, 4.69) is 21.2 Å². The summed E-state index contributed by atoms with van der Waals surface area (Å²) in [5.74, 6) is 0.862. The number of nitrogens with one attached hydrogen (secondary N) is 3. The van der Waals surface area contributed by atoms with Crippen LogP contribution in [0.5, 0.6) is 5.75 Å². The van der Waals surface area contributed by atoms with E-state index >= 15 is 0 Å². The molecular formula is C23H29N5O3. The second-order valence-corrected chi connectivity index (χ2v) is 8.08. The molecule has 164 valence electrons. The molecule has 8 nitrogen and oxygen atoms in total. The monoisotopic (exact) mass is 423 g/mol. The lowest BCUT2D eigenvalue weighted by Gasteiger charge is -2.32. The minimum atomic E-state index is -0.253. The van der Waals surface area contributed by atoms with Crippen molar-refractivity contribution in [2.24, 2.45) is 5.92 Å². The molecule has 0 radical (unpaired) electrons. The van der Waals surface area contributed by atoms with E-state index in [0.717, 1.165) is 16.9 Å². The van der Waals surface area contributed by atoms with Crippen molar-refractivity contribution in [2.75, 3.05) is 20.2 Å². The predicted octanol–water partition coefficient (Wildman–Crippen LogP) is 1.55. The summed E-state index contributed by atoms with van der Waals surface area (Å²) in [5.41, 5.74) is 8.46. The summed E-state index contributed by atoms with van der Waals surface area (Å²) in [7, 11) is 1.63. The molecule has 31 heavy (non-hydrogen) atoms. The topological polar surface area (TPSA) is 95.6 Å². The lowest BCUT2D eigenvalue weighted by molar-refractivity contribution is -0.137. The number of carbonyl (C=O) groups is 2. The van der Waals surface area contributed by atoms with Gasteiger partial charge in [-0.05, 0) is 54.7 Å². The largest absolute Gasteiger partial charge is 0.497 e. The van der Waals surface area contributed by atoms with Gasteiger partial charge in [0, 0.05) is 44.0 Å². The number of nitrogens with zero attached hydrogens (tertiary/aromatic N) is 2. The van der Waals surface area contributed by atoms with Crippen LogP contribution in [0.2, 0.25) is 0 Å². The number of hydrogen-bond acceptors (Lipinski definition) is 6. The molecular weight excluding hydrogens is 394 g/mol. The highest BCUT2D eigenvalue weighted by Gasteiger charge is 2.35. The molecule has 2 fully saturated rings. The smallest absolute Gasteiger partial charge is 0.241 e. The summed E-state index contributed by atoms with van der Waals surface area (Å²) in [6.45, 7) is 1.69. The fraction of sp³-hybridized carbons (Fsp3) is 0.435. The van der Waals surface area contributed by atoms with Gasteiger partial charge in [-0.15, -0.1) is 0 Å². The summed E-state index contributed by atoms with van der Waals surface area (Å²) >= 11 is 0. The first kappa shape index (κ1) is 21.3. The van der Waals surface area contributed by atoms with Gasteiger partial charge < -0.3 is 15.0 Å². The molecule has 1 aromatic carbocycles. The number of piperidine rings is 1. The van der Waals surface area contributed by atoms with Crippen molar-refractivity contribution in [1.82, 2.24) is 26.1 Å². The Morgan fingerprint density at radius 3 is 2.68 bits per heavy atom. The summed E-state index contributed by atoms with van der Waals surface area (Å²) in [5, 5.41) is 3.02. The molecule has 2 saturated heterocycles. The van der Waals surface area contributed by atoms with Gasteiger partial charge in [-0.3, -0.25) is 14.6 Å². The second kappa shape index (κ2) is 9.89. The summed E-state index contributed by atoms with van der Waals surface area (Å²) in [6.07, 6.45) is 5.59. The number of benzene rings is 1. The number of rotatable bonds is 6. The Morgan fingerprint density at radius 2 is 1.94 bits per heavy atom. The molecule has 3 N–H and O–H groups in total. The SMILES string of the molecule is COc1cccc(CNC(=O)C2CCN(C(=O)C3CC(c4ccncc4)NN3)CC2)c1. The van der Waals surface area contributed by atoms with Gasteiger partial charge in [-0.1, -0.05) is 12.1 Å². The van der Waals surface area contributed by atoms with E-state index < -0.39 is 0 Å². The van der Waals surface area contributed by atoms with Crippen molar-refractivity contribution in [2.45, 2.75) is 37.9 Å². The third-order valence-corrected chi connectivity index (χ3v) is 6.09. The van der Waals surface area contributed by atoms with Crippen molar-refractivity contribution >= 4 is 11.8 Å². The van der Waals surface area contributed by atoms with Crippen LogP contribution < -0.4 is 20.9 Å². The molecule has 2 aliphatic rings. The Labute approximate surface area is 182 Å². The Balaban J connectivity index is 1.23. The molecule has 2 aliphatic heterocycles. The number of aromatic nitrogens is 1. The van der Waals surface area contributed by atoms with E-state index in [1.54, 1.807) is 19.5 Å². The van der Waals surface area contributed by atoms with Gasteiger partial charge >= 0.3 is 0 Å². The predicted molar refractivity (Wildman–Crippen MR) is 116 cm³/mol. The lowest BCUT2D eigenvalue weighted by atomic mass is 9.94. The number of likely N-dealkylation sites (tertiary alicyclic amines) is 1. The maximum absolute atomic E-state index is 12.9. The summed E-state index contributed by atoms with van der Waals surface area (Å²) in [4.78, 5) is 31.4. The Kier molecular flexibility index (Phi) is 6.79. The minimum Gasteiger partial charge on any atom is -0.497 e. The highest BCUT2D eigenvalue weighted by Crippen LogP contribution is 2.24. The normalized spacial score (nSPS) is 21.6. The van der Waals surface area contributed by atoms with Crippen LogP contribution in [0.3, 0.4) is 0 Å². The molecule has 0 aliphatic carbocycles. The van der Waals surface area contributed by atoms with Gasteiger partial charge in [0.2, 0.25) is 11.8 Å². The van der Waals surface area contributed by atoms with Gasteiger partial charge in [0.15, 0.2) is 0 Å². The Hall–Kier alpha value is -2.97. The molecule has 4 rings (SSSR count). The van der Waals surface area contributed by atoms with E-state index in [0.29, 0.717) is 38.9 Å². The number of ether oxygens (including phenoxy) is 1. The van der Waals surface area contributed by atoms with Gasteiger partial charge in [-0.2, -0.15) is 0 Å². The average Bonchev–Trinajstić information content (AvgIpc) is 3.33. The van der Waals surface area contributed by atoms with E-state index in [4.69, 9.17) is 4.74 Å². The number of hydrogen-bond donors (Lipinski definition) is 3. The van der Waals surface area contributed by atoms with Crippen molar-refractivity contribution < 1.29 is 14.3 Å². The number of amides is 2. The zero-order valence-electron chi connectivity index (χ0n) is 17.7. The number of carbonyl (C=O) groups excluding carboxylic acids is 2. The molecule has 2 amide bonds. The van der Waals surface area contributed by atoms with Crippen LogP contribution in [0.1, 0.15) is 36.4 Å². The number of methoxy groups -OCH3 is 1. The van der Waals surface area contributed by atoms with Gasteiger partial charge in [-0.25, -0.2) is 10.9 Å². The zero-order valence-corrected chi connectivity index (χ0v) is 17.7. The molecule has 3 heterocycles. The third kappa shape index (κ3) is 5.21. The number of pyridine rings is 1. The molecule has 0 spiro atoms. The highest BCUT2D eigenvalue weighted by atomic mass is 16.5. The lowest BCUT2D eigenvalue weighted by Crippen LogP contribution is -2.49. The highest BCUT2D eigenvalue weighted by molar-refractivity contribution is 5.83. The van der Waals surface area contributed by atoms with Crippen LogP contribution in [0.25, 0.3) is 0 Å². The fourth-order valence-electron chi connectivity index (χ4n) is 4.23. The van der Waals surface area contributed by atoms with Gasteiger partial charge in [0.1, 0.15) is 11.8 Å². The molecule has 8 heteroatoms. The Bertz CT molecular complexity index is 899. The van der Waals surface area contributed by atoms with E-state index in [-0.39, 0.29) is 29.8 Å². The first-order valence-electron chi connectivity index (χ1n) is 10.7. The van der Waals surface area contributed by atoms with E-state index in [1.807, 2.05) is 41.3 Å². The van der Waals surface area contributed by atoms with Crippen molar-refractivity contribution in [3.63, 3.8) is 0 Å². The van der Waals surface area contributed by atoms with Crippen LogP contribution in [0.15, 0.2) is 48.8 Å². The van der Waals surface area contributed by atoms with Crippen LogP contribution in [0.4, 0.5) is 0 Å². The molecule has 2 atom stereocenters. The minimum absolute atomic E-state index is 0.0494.